The molecule has 1 fully saturated rings. The first-order valence-electron chi connectivity index (χ1n) is 9.92. The van der Waals surface area contributed by atoms with Gasteiger partial charge in [-0.1, -0.05) is 25.0 Å². The first-order chi connectivity index (χ1) is 13.8. The van der Waals surface area contributed by atoms with Gasteiger partial charge in [-0.15, -0.1) is 0 Å². The van der Waals surface area contributed by atoms with Gasteiger partial charge in [0.25, 0.3) is 5.91 Å². The highest BCUT2D eigenvalue weighted by molar-refractivity contribution is 6.02. The standard InChI is InChI=1S/C22H24N2O4/c1-26-18-12-14(13-19-20(18)28-11-10-27-19)21-23-17-9-5-4-8-16(17)22(25)24(21)15-6-2-3-7-15/h4-5,8-9,12-13,15,21,23H,2-3,6-7,10-11H2,1H3/t21-/m1/s1. The second-order valence-electron chi connectivity index (χ2n) is 7.49. The molecule has 2 heterocycles. The van der Waals surface area contributed by atoms with Crippen molar-refractivity contribution < 1.29 is 19.0 Å². The molecule has 28 heavy (non-hydrogen) atoms. The van der Waals surface area contributed by atoms with Crippen molar-refractivity contribution in [3.8, 4) is 17.2 Å². The first kappa shape index (κ1) is 17.2. The van der Waals surface area contributed by atoms with E-state index in [4.69, 9.17) is 14.2 Å². The summed E-state index contributed by atoms with van der Waals surface area (Å²) in [6.45, 7) is 1.01. The Labute approximate surface area is 164 Å². The molecular weight excluding hydrogens is 356 g/mol. The quantitative estimate of drug-likeness (QED) is 0.873. The average Bonchev–Trinajstić information content (AvgIpc) is 3.27. The molecule has 0 bridgehead atoms. The zero-order valence-electron chi connectivity index (χ0n) is 15.9. The lowest BCUT2D eigenvalue weighted by atomic mass is 10.00. The van der Waals surface area contributed by atoms with Crippen LogP contribution in [0, 0.1) is 0 Å². The van der Waals surface area contributed by atoms with Gasteiger partial charge in [0, 0.05) is 17.3 Å². The Morgan fingerprint density at radius 1 is 1.11 bits per heavy atom. The normalized spacial score (nSPS) is 21.2. The van der Waals surface area contributed by atoms with Crippen molar-refractivity contribution in [2.45, 2.75) is 37.9 Å². The number of rotatable bonds is 3. The Balaban J connectivity index is 1.61. The van der Waals surface area contributed by atoms with Gasteiger partial charge in [-0.05, 0) is 37.1 Å². The van der Waals surface area contributed by atoms with E-state index in [1.165, 1.54) is 0 Å². The predicted molar refractivity (Wildman–Crippen MR) is 105 cm³/mol. The number of hydrogen-bond donors (Lipinski definition) is 1. The molecule has 2 aromatic rings. The minimum atomic E-state index is -0.268. The minimum absolute atomic E-state index is 0.0834. The monoisotopic (exact) mass is 380 g/mol. The van der Waals surface area contributed by atoms with Gasteiger partial charge in [-0.2, -0.15) is 0 Å². The lowest BCUT2D eigenvalue weighted by Crippen LogP contribution is -2.47. The van der Waals surface area contributed by atoms with Crippen molar-refractivity contribution >= 4 is 11.6 Å². The summed E-state index contributed by atoms with van der Waals surface area (Å²) in [5.41, 5.74) is 2.53. The third kappa shape index (κ3) is 2.75. The Morgan fingerprint density at radius 2 is 1.89 bits per heavy atom. The van der Waals surface area contributed by atoms with Crippen LogP contribution >= 0.6 is 0 Å². The van der Waals surface area contributed by atoms with Gasteiger partial charge < -0.3 is 24.4 Å². The fourth-order valence-electron chi connectivity index (χ4n) is 4.52. The highest BCUT2D eigenvalue weighted by Gasteiger charge is 2.39. The van der Waals surface area contributed by atoms with Crippen molar-refractivity contribution in [3.63, 3.8) is 0 Å². The number of carbonyl (C=O) groups excluding carboxylic acids is 1. The second-order valence-corrected chi connectivity index (χ2v) is 7.49. The van der Waals surface area contributed by atoms with E-state index in [1.54, 1.807) is 7.11 Å². The van der Waals surface area contributed by atoms with Crippen molar-refractivity contribution in [2.75, 3.05) is 25.6 Å². The van der Waals surface area contributed by atoms with E-state index in [-0.39, 0.29) is 18.1 Å². The molecule has 0 saturated heterocycles. The lowest BCUT2D eigenvalue weighted by molar-refractivity contribution is 0.0583. The SMILES string of the molecule is COc1cc([C@@H]2Nc3ccccc3C(=O)N2C2CCCC2)cc2c1OCCO2. The molecule has 1 N–H and O–H groups in total. The fraction of sp³-hybridized carbons (Fsp3) is 0.409. The van der Waals surface area contributed by atoms with Crippen LogP contribution in [0.1, 0.15) is 47.8 Å². The van der Waals surface area contributed by atoms with Crippen LogP contribution in [0.25, 0.3) is 0 Å². The van der Waals surface area contributed by atoms with Gasteiger partial charge in [-0.25, -0.2) is 0 Å². The van der Waals surface area contributed by atoms with Crippen LogP contribution in [0.5, 0.6) is 17.2 Å². The van der Waals surface area contributed by atoms with Crippen molar-refractivity contribution in [1.82, 2.24) is 4.90 Å². The van der Waals surface area contributed by atoms with E-state index in [9.17, 15) is 4.79 Å². The molecule has 146 valence electrons. The molecule has 3 aliphatic rings. The van der Waals surface area contributed by atoms with E-state index < -0.39 is 0 Å². The van der Waals surface area contributed by atoms with Crippen molar-refractivity contribution in [3.05, 3.63) is 47.5 Å². The molecule has 1 atom stereocenters. The van der Waals surface area contributed by atoms with Crippen LogP contribution in [-0.2, 0) is 0 Å². The summed E-state index contributed by atoms with van der Waals surface area (Å²) < 4.78 is 17.1. The summed E-state index contributed by atoms with van der Waals surface area (Å²) in [6.07, 6.45) is 4.12. The number of fused-ring (bicyclic) bond motifs is 2. The van der Waals surface area contributed by atoms with Crippen LogP contribution in [0.4, 0.5) is 5.69 Å². The molecule has 0 aromatic heterocycles. The summed E-state index contributed by atoms with van der Waals surface area (Å²) in [4.78, 5) is 15.4. The minimum Gasteiger partial charge on any atom is -0.493 e. The molecule has 6 nitrogen and oxygen atoms in total. The van der Waals surface area contributed by atoms with Crippen LogP contribution < -0.4 is 19.5 Å². The third-order valence-electron chi connectivity index (χ3n) is 5.85. The molecule has 0 unspecified atom stereocenters. The molecule has 2 aliphatic heterocycles. The maximum atomic E-state index is 13.4. The number of ether oxygens (including phenoxy) is 3. The Morgan fingerprint density at radius 3 is 2.71 bits per heavy atom. The molecule has 1 saturated carbocycles. The molecule has 0 radical (unpaired) electrons. The van der Waals surface area contributed by atoms with Crippen LogP contribution in [0.3, 0.4) is 0 Å². The Hall–Kier alpha value is -2.89. The third-order valence-corrected chi connectivity index (χ3v) is 5.85. The smallest absolute Gasteiger partial charge is 0.258 e. The van der Waals surface area contributed by atoms with E-state index >= 15 is 0 Å². The van der Waals surface area contributed by atoms with Gasteiger partial charge in [0.2, 0.25) is 5.75 Å². The number of benzene rings is 2. The van der Waals surface area contributed by atoms with Gasteiger partial charge in [-0.3, -0.25) is 4.79 Å². The molecule has 6 heteroatoms. The average molecular weight is 380 g/mol. The number of para-hydroxylation sites is 1. The zero-order chi connectivity index (χ0) is 19.1. The van der Waals surface area contributed by atoms with Gasteiger partial charge in [0.15, 0.2) is 11.5 Å². The van der Waals surface area contributed by atoms with Crippen LogP contribution in [0.15, 0.2) is 36.4 Å². The maximum absolute atomic E-state index is 13.4. The Bertz CT molecular complexity index is 890. The summed E-state index contributed by atoms with van der Waals surface area (Å²) in [5.74, 6) is 2.01. The molecule has 1 amide bonds. The highest BCUT2D eigenvalue weighted by Crippen LogP contribution is 2.45. The largest absolute Gasteiger partial charge is 0.493 e. The predicted octanol–water partition coefficient (Wildman–Crippen LogP) is 3.98. The van der Waals surface area contributed by atoms with Crippen LogP contribution in [0.2, 0.25) is 0 Å². The number of carbonyl (C=O) groups is 1. The van der Waals surface area contributed by atoms with E-state index in [1.807, 2.05) is 41.3 Å². The summed E-state index contributed by atoms with van der Waals surface area (Å²) in [6, 6.07) is 11.9. The van der Waals surface area contributed by atoms with Gasteiger partial charge >= 0.3 is 0 Å². The van der Waals surface area contributed by atoms with Gasteiger partial charge in [0.1, 0.15) is 19.4 Å². The molecular formula is C22H24N2O4. The second kappa shape index (κ2) is 6.93. The Kier molecular flexibility index (Phi) is 4.26. The number of nitrogens with one attached hydrogen (secondary N) is 1. The number of amides is 1. The first-order valence-corrected chi connectivity index (χ1v) is 9.92. The van der Waals surface area contributed by atoms with Crippen molar-refractivity contribution in [1.29, 1.82) is 0 Å². The van der Waals surface area contributed by atoms with Gasteiger partial charge in [0.05, 0.1) is 12.7 Å². The highest BCUT2D eigenvalue weighted by atomic mass is 16.6. The van der Waals surface area contributed by atoms with E-state index in [2.05, 4.69) is 5.32 Å². The summed E-state index contributed by atoms with van der Waals surface area (Å²) in [7, 11) is 1.63. The lowest BCUT2D eigenvalue weighted by Gasteiger charge is -2.42. The fourth-order valence-corrected chi connectivity index (χ4v) is 4.52. The number of hydrogen-bond acceptors (Lipinski definition) is 5. The van der Waals surface area contributed by atoms with E-state index in [0.717, 1.165) is 42.5 Å². The zero-order valence-corrected chi connectivity index (χ0v) is 15.9. The summed E-state index contributed by atoms with van der Waals surface area (Å²) in [5, 5.41) is 3.58. The van der Waals surface area contributed by atoms with E-state index in [0.29, 0.717) is 30.5 Å². The topological polar surface area (TPSA) is 60.0 Å². The summed E-state index contributed by atoms with van der Waals surface area (Å²) >= 11 is 0. The number of methoxy groups -OCH3 is 1. The molecule has 0 spiro atoms. The number of nitrogens with zero attached hydrogens (tertiary/aromatic N) is 1. The molecule has 2 aromatic carbocycles. The molecule has 5 rings (SSSR count). The van der Waals surface area contributed by atoms with Crippen LogP contribution in [-0.4, -0.2) is 37.2 Å². The molecule has 1 aliphatic carbocycles. The number of anilines is 1. The maximum Gasteiger partial charge on any atom is 0.258 e. The van der Waals surface area contributed by atoms with Crippen molar-refractivity contribution in [2.24, 2.45) is 0 Å².